The van der Waals surface area contributed by atoms with Gasteiger partial charge in [-0.3, -0.25) is 0 Å². The molecule has 5 heteroatoms. The molecule has 21 heavy (non-hydrogen) atoms. The number of urea groups is 1. The summed E-state index contributed by atoms with van der Waals surface area (Å²) in [7, 11) is 0. The SMILES string of the molecule is CCOCCNC(=O)NCC1CCN(c2ccccc2)C1. The lowest BCUT2D eigenvalue weighted by molar-refractivity contribution is 0.149. The van der Waals surface area contributed by atoms with Crippen LogP contribution in [-0.4, -0.2) is 45.4 Å². The lowest BCUT2D eigenvalue weighted by Gasteiger charge is -2.18. The molecule has 0 radical (unpaired) electrons. The van der Waals surface area contributed by atoms with Gasteiger partial charge < -0.3 is 20.3 Å². The zero-order valence-electron chi connectivity index (χ0n) is 12.7. The predicted molar refractivity (Wildman–Crippen MR) is 84.7 cm³/mol. The van der Waals surface area contributed by atoms with Gasteiger partial charge in [0.2, 0.25) is 0 Å². The Morgan fingerprint density at radius 2 is 2.14 bits per heavy atom. The monoisotopic (exact) mass is 291 g/mol. The van der Waals surface area contributed by atoms with Gasteiger partial charge in [0.1, 0.15) is 0 Å². The van der Waals surface area contributed by atoms with Crippen molar-refractivity contribution >= 4 is 11.7 Å². The van der Waals surface area contributed by atoms with Crippen LogP contribution in [0.15, 0.2) is 30.3 Å². The van der Waals surface area contributed by atoms with Crippen molar-refractivity contribution < 1.29 is 9.53 Å². The second-order valence-corrected chi connectivity index (χ2v) is 5.27. The normalized spacial score (nSPS) is 17.8. The Bertz CT molecular complexity index is 425. The van der Waals surface area contributed by atoms with Crippen molar-refractivity contribution in [2.75, 3.05) is 44.3 Å². The van der Waals surface area contributed by atoms with E-state index >= 15 is 0 Å². The second-order valence-electron chi connectivity index (χ2n) is 5.27. The highest BCUT2D eigenvalue weighted by Gasteiger charge is 2.22. The molecule has 1 aromatic rings. The maximum absolute atomic E-state index is 11.6. The van der Waals surface area contributed by atoms with E-state index in [0.717, 1.165) is 26.1 Å². The lowest BCUT2D eigenvalue weighted by atomic mass is 10.1. The van der Waals surface area contributed by atoms with Crippen molar-refractivity contribution in [2.24, 2.45) is 5.92 Å². The molecule has 1 aliphatic heterocycles. The molecule has 1 aromatic carbocycles. The fourth-order valence-corrected chi connectivity index (χ4v) is 2.55. The summed E-state index contributed by atoms with van der Waals surface area (Å²) in [5.41, 5.74) is 1.26. The molecule has 2 N–H and O–H groups in total. The van der Waals surface area contributed by atoms with Gasteiger partial charge in [-0.15, -0.1) is 0 Å². The van der Waals surface area contributed by atoms with Crippen LogP contribution >= 0.6 is 0 Å². The Balaban J connectivity index is 1.63. The number of hydrogen-bond acceptors (Lipinski definition) is 3. The maximum Gasteiger partial charge on any atom is 0.314 e. The minimum absolute atomic E-state index is 0.104. The molecule has 1 atom stereocenters. The van der Waals surface area contributed by atoms with E-state index in [1.165, 1.54) is 5.69 Å². The number of amides is 2. The molecular formula is C16H25N3O2. The second kappa shape index (κ2) is 8.52. The summed E-state index contributed by atoms with van der Waals surface area (Å²) >= 11 is 0. The molecule has 0 aromatic heterocycles. The molecular weight excluding hydrogens is 266 g/mol. The van der Waals surface area contributed by atoms with E-state index < -0.39 is 0 Å². The van der Waals surface area contributed by atoms with E-state index in [0.29, 0.717) is 25.7 Å². The van der Waals surface area contributed by atoms with Gasteiger partial charge in [-0.25, -0.2) is 4.79 Å². The molecule has 0 spiro atoms. The summed E-state index contributed by atoms with van der Waals surface area (Å²) in [6.07, 6.45) is 1.12. The molecule has 2 amide bonds. The number of nitrogens with one attached hydrogen (secondary N) is 2. The van der Waals surface area contributed by atoms with Crippen LogP contribution in [-0.2, 0) is 4.74 Å². The molecule has 5 nitrogen and oxygen atoms in total. The van der Waals surface area contributed by atoms with E-state index in [9.17, 15) is 4.79 Å². The summed E-state index contributed by atoms with van der Waals surface area (Å²) in [5, 5.41) is 5.74. The first-order chi connectivity index (χ1) is 10.3. The van der Waals surface area contributed by atoms with Gasteiger partial charge >= 0.3 is 6.03 Å². The predicted octanol–water partition coefficient (Wildman–Crippen LogP) is 1.85. The van der Waals surface area contributed by atoms with Crippen molar-refractivity contribution in [1.82, 2.24) is 10.6 Å². The standard InChI is InChI=1S/C16H25N3O2/c1-2-21-11-9-17-16(20)18-12-14-8-10-19(13-14)15-6-4-3-5-7-15/h3-7,14H,2,8-13H2,1H3,(H2,17,18,20). The Kier molecular flexibility index (Phi) is 6.34. The van der Waals surface area contributed by atoms with Crippen LogP contribution < -0.4 is 15.5 Å². The molecule has 2 rings (SSSR count). The van der Waals surface area contributed by atoms with Crippen molar-refractivity contribution in [1.29, 1.82) is 0 Å². The highest BCUT2D eigenvalue weighted by atomic mass is 16.5. The first-order valence-corrected chi connectivity index (χ1v) is 7.69. The third-order valence-electron chi connectivity index (χ3n) is 3.69. The van der Waals surface area contributed by atoms with Gasteiger partial charge in [0.05, 0.1) is 6.61 Å². The first-order valence-electron chi connectivity index (χ1n) is 7.69. The van der Waals surface area contributed by atoms with E-state index in [1.54, 1.807) is 0 Å². The Hall–Kier alpha value is -1.75. The molecule has 0 saturated carbocycles. The summed E-state index contributed by atoms with van der Waals surface area (Å²) in [6.45, 7) is 6.53. The Morgan fingerprint density at radius 1 is 1.33 bits per heavy atom. The maximum atomic E-state index is 11.6. The summed E-state index contributed by atoms with van der Waals surface area (Å²) < 4.78 is 5.18. The van der Waals surface area contributed by atoms with Crippen LogP contribution in [0.25, 0.3) is 0 Å². The topological polar surface area (TPSA) is 53.6 Å². The molecule has 1 aliphatic rings. The van der Waals surface area contributed by atoms with Gasteiger partial charge in [0.25, 0.3) is 0 Å². The van der Waals surface area contributed by atoms with Crippen LogP contribution in [0.2, 0.25) is 0 Å². The summed E-state index contributed by atoms with van der Waals surface area (Å²) in [4.78, 5) is 14.0. The molecule has 0 bridgehead atoms. The number of nitrogens with zero attached hydrogens (tertiary/aromatic N) is 1. The Morgan fingerprint density at radius 3 is 2.90 bits per heavy atom. The molecule has 0 aliphatic carbocycles. The van der Waals surface area contributed by atoms with E-state index in [4.69, 9.17) is 4.74 Å². The van der Waals surface area contributed by atoms with E-state index in [2.05, 4.69) is 39.8 Å². The van der Waals surface area contributed by atoms with Gasteiger partial charge in [-0.1, -0.05) is 18.2 Å². The summed E-state index contributed by atoms with van der Waals surface area (Å²) in [5.74, 6) is 0.517. The van der Waals surface area contributed by atoms with Gasteiger partial charge in [0.15, 0.2) is 0 Å². The van der Waals surface area contributed by atoms with Crippen LogP contribution in [0.1, 0.15) is 13.3 Å². The molecule has 1 fully saturated rings. The number of carbonyl (C=O) groups is 1. The number of ether oxygens (including phenoxy) is 1. The molecule has 1 saturated heterocycles. The number of benzene rings is 1. The van der Waals surface area contributed by atoms with Crippen LogP contribution in [0.5, 0.6) is 0 Å². The number of anilines is 1. The fraction of sp³-hybridized carbons (Fsp3) is 0.562. The largest absolute Gasteiger partial charge is 0.380 e. The highest BCUT2D eigenvalue weighted by molar-refractivity contribution is 5.73. The smallest absolute Gasteiger partial charge is 0.314 e. The van der Waals surface area contributed by atoms with E-state index in [1.807, 2.05) is 13.0 Å². The average Bonchev–Trinajstić information content (AvgIpc) is 2.99. The third-order valence-corrected chi connectivity index (χ3v) is 3.69. The van der Waals surface area contributed by atoms with Gasteiger partial charge in [0, 0.05) is 38.5 Å². The highest BCUT2D eigenvalue weighted by Crippen LogP contribution is 2.22. The van der Waals surface area contributed by atoms with Crippen molar-refractivity contribution in [3.8, 4) is 0 Å². The first kappa shape index (κ1) is 15.6. The molecule has 1 unspecified atom stereocenters. The number of hydrogen-bond donors (Lipinski definition) is 2. The minimum Gasteiger partial charge on any atom is -0.380 e. The minimum atomic E-state index is -0.104. The zero-order chi connectivity index (χ0) is 14.9. The number of rotatable bonds is 7. The summed E-state index contributed by atoms with van der Waals surface area (Å²) in [6, 6.07) is 10.3. The quantitative estimate of drug-likeness (QED) is 0.754. The van der Waals surface area contributed by atoms with Crippen molar-refractivity contribution in [2.45, 2.75) is 13.3 Å². The number of carbonyl (C=O) groups excluding carboxylic acids is 1. The van der Waals surface area contributed by atoms with Crippen LogP contribution in [0, 0.1) is 5.92 Å². The van der Waals surface area contributed by atoms with Crippen LogP contribution in [0.3, 0.4) is 0 Å². The lowest BCUT2D eigenvalue weighted by Crippen LogP contribution is -2.40. The number of para-hydroxylation sites is 1. The zero-order valence-corrected chi connectivity index (χ0v) is 12.7. The fourth-order valence-electron chi connectivity index (χ4n) is 2.55. The third kappa shape index (κ3) is 5.27. The van der Waals surface area contributed by atoms with Gasteiger partial charge in [-0.05, 0) is 31.4 Å². The Labute approximate surface area is 126 Å². The average molecular weight is 291 g/mol. The van der Waals surface area contributed by atoms with E-state index in [-0.39, 0.29) is 6.03 Å². The van der Waals surface area contributed by atoms with Gasteiger partial charge in [-0.2, -0.15) is 0 Å². The molecule has 116 valence electrons. The van der Waals surface area contributed by atoms with Crippen molar-refractivity contribution in [3.05, 3.63) is 30.3 Å². The van der Waals surface area contributed by atoms with Crippen LogP contribution in [0.4, 0.5) is 10.5 Å². The van der Waals surface area contributed by atoms with Crippen molar-refractivity contribution in [3.63, 3.8) is 0 Å². The molecule has 1 heterocycles.